The van der Waals surface area contributed by atoms with Crippen LogP contribution in [0.1, 0.15) is 41.0 Å². The number of carbonyl (C=O) groups is 3. The number of benzene rings is 1. The first-order valence-electron chi connectivity index (χ1n) is 10.2. The molecule has 1 aliphatic rings. The molecule has 1 aromatic heterocycles. The van der Waals surface area contributed by atoms with Gasteiger partial charge in [-0.2, -0.15) is 5.10 Å². The molecule has 2 aromatic rings. The number of aromatic nitrogens is 2. The lowest BCUT2D eigenvalue weighted by atomic mass is 10.0. The van der Waals surface area contributed by atoms with Gasteiger partial charge in [0.2, 0.25) is 11.8 Å². The number of esters is 1. The zero-order chi connectivity index (χ0) is 21.7. The van der Waals surface area contributed by atoms with Crippen LogP contribution in [0, 0.1) is 19.8 Å². The quantitative estimate of drug-likeness (QED) is 0.666. The Balaban J connectivity index is 1.57. The molecular formula is C22H28N4O4. The fourth-order valence-corrected chi connectivity index (χ4v) is 3.85. The minimum absolute atomic E-state index is 0.0238. The minimum Gasteiger partial charge on any atom is -0.457 e. The maximum Gasteiger partial charge on any atom is 0.338 e. The van der Waals surface area contributed by atoms with E-state index in [1.165, 1.54) is 0 Å². The van der Waals surface area contributed by atoms with E-state index in [1.807, 2.05) is 30.7 Å². The standard InChI is InChI=1S/C22H28N4O4/c1-15-11-16(2)26(24-15)10-6-9-21(28)25-13-18(12-20(23)27)19(14-25)30-22(29)17-7-4-3-5-8-17/h3-5,7-8,11,18-19H,6,9-10,12-14H2,1-2H3,(H2,23,27)/t18-,19+/m0/s1. The molecule has 3 rings (SSSR count). The summed E-state index contributed by atoms with van der Waals surface area (Å²) in [5.74, 6) is -1.26. The molecule has 0 saturated carbocycles. The molecule has 0 unspecified atom stereocenters. The normalized spacial score (nSPS) is 18.4. The highest BCUT2D eigenvalue weighted by Crippen LogP contribution is 2.25. The zero-order valence-corrected chi connectivity index (χ0v) is 17.4. The highest BCUT2D eigenvalue weighted by molar-refractivity contribution is 5.89. The van der Waals surface area contributed by atoms with Gasteiger partial charge in [-0.15, -0.1) is 0 Å². The van der Waals surface area contributed by atoms with E-state index >= 15 is 0 Å². The van der Waals surface area contributed by atoms with Crippen molar-refractivity contribution >= 4 is 17.8 Å². The Morgan fingerprint density at radius 3 is 2.53 bits per heavy atom. The molecule has 8 nitrogen and oxygen atoms in total. The first-order valence-corrected chi connectivity index (χ1v) is 10.2. The van der Waals surface area contributed by atoms with E-state index in [0.717, 1.165) is 11.4 Å². The SMILES string of the molecule is Cc1cc(C)n(CCCC(=O)N2C[C@H](CC(N)=O)[C@H](OC(=O)c3ccccc3)C2)n1. The van der Waals surface area contributed by atoms with Gasteiger partial charge in [0.1, 0.15) is 6.10 Å². The van der Waals surface area contributed by atoms with Gasteiger partial charge in [0.15, 0.2) is 0 Å². The van der Waals surface area contributed by atoms with Crippen molar-refractivity contribution in [3.8, 4) is 0 Å². The molecule has 1 aromatic carbocycles. The lowest BCUT2D eigenvalue weighted by Crippen LogP contribution is -2.31. The third-order valence-electron chi connectivity index (χ3n) is 5.33. The summed E-state index contributed by atoms with van der Waals surface area (Å²) in [4.78, 5) is 38.2. The molecule has 0 radical (unpaired) electrons. The van der Waals surface area contributed by atoms with Gasteiger partial charge in [-0.05, 0) is 38.5 Å². The monoisotopic (exact) mass is 412 g/mol. The van der Waals surface area contributed by atoms with Gasteiger partial charge < -0.3 is 15.4 Å². The topological polar surface area (TPSA) is 108 Å². The maximum absolute atomic E-state index is 12.7. The number of amides is 2. The Labute approximate surface area is 176 Å². The van der Waals surface area contributed by atoms with Gasteiger partial charge in [0.05, 0.1) is 17.8 Å². The number of nitrogens with two attached hydrogens (primary N) is 1. The molecule has 0 spiro atoms. The van der Waals surface area contributed by atoms with Crippen LogP contribution in [-0.2, 0) is 20.9 Å². The summed E-state index contributed by atoms with van der Waals surface area (Å²) < 4.78 is 7.52. The van der Waals surface area contributed by atoms with Crippen molar-refractivity contribution in [2.75, 3.05) is 13.1 Å². The number of rotatable bonds is 8. The third-order valence-corrected chi connectivity index (χ3v) is 5.33. The van der Waals surface area contributed by atoms with E-state index in [4.69, 9.17) is 10.5 Å². The van der Waals surface area contributed by atoms with Crippen LogP contribution in [0.3, 0.4) is 0 Å². The molecule has 1 fully saturated rings. The number of aryl methyl sites for hydroxylation is 3. The van der Waals surface area contributed by atoms with Gasteiger partial charge in [-0.3, -0.25) is 14.3 Å². The van der Waals surface area contributed by atoms with Crippen LogP contribution in [0.4, 0.5) is 0 Å². The van der Waals surface area contributed by atoms with E-state index in [9.17, 15) is 14.4 Å². The second-order valence-electron chi connectivity index (χ2n) is 7.79. The Bertz CT molecular complexity index is 909. The Kier molecular flexibility index (Phi) is 6.87. The summed E-state index contributed by atoms with van der Waals surface area (Å²) in [5.41, 5.74) is 7.82. The van der Waals surface area contributed by atoms with Crippen molar-refractivity contribution < 1.29 is 19.1 Å². The van der Waals surface area contributed by atoms with Gasteiger partial charge in [0, 0.05) is 37.5 Å². The van der Waals surface area contributed by atoms with Crippen molar-refractivity contribution in [1.29, 1.82) is 0 Å². The summed E-state index contributed by atoms with van der Waals surface area (Å²) in [6, 6.07) is 10.7. The second-order valence-corrected chi connectivity index (χ2v) is 7.79. The van der Waals surface area contributed by atoms with Crippen molar-refractivity contribution in [3.05, 3.63) is 53.3 Å². The van der Waals surface area contributed by atoms with Crippen molar-refractivity contribution in [2.45, 2.75) is 45.8 Å². The average molecular weight is 412 g/mol. The van der Waals surface area contributed by atoms with E-state index in [2.05, 4.69) is 5.10 Å². The van der Waals surface area contributed by atoms with Crippen LogP contribution in [-0.4, -0.2) is 51.7 Å². The van der Waals surface area contributed by atoms with Crippen LogP contribution in [0.15, 0.2) is 36.4 Å². The Morgan fingerprint density at radius 1 is 1.17 bits per heavy atom. The fraction of sp³-hybridized carbons (Fsp3) is 0.455. The van der Waals surface area contributed by atoms with Gasteiger partial charge in [0.25, 0.3) is 0 Å². The fourth-order valence-electron chi connectivity index (χ4n) is 3.85. The molecule has 0 bridgehead atoms. The number of ether oxygens (including phenoxy) is 1. The minimum atomic E-state index is -0.551. The molecule has 1 saturated heterocycles. The predicted molar refractivity (Wildman–Crippen MR) is 110 cm³/mol. The third kappa shape index (κ3) is 5.46. The molecule has 2 atom stereocenters. The Hall–Kier alpha value is -3.16. The van der Waals surface area contributed by atoms with Crippen LogP contribution in [0.25, 0.3) is 0 Å². The maximum atomic E-state index is 12.7. The number of carbonyl (C=O) groups excluding carboxylic acids is 3. The van der Waals surface area contributed by atoms with Gasteiger partial charge in [-0.1, -0.05) is 18.2 Å². The molecule has 1 aliphatic heterocycles. The summed E-state index contributed by atoms with van der Waals surface area (Å²) >= 11 is 0. The van der Waals surface area contributed by atoms with Crippen LogP contribution in [0.2, 0.25) is 0 Å². The van der Waals surface area contributed by atoms with Crippen LogP contribution < -0.4 is 5.73 Å². The van der Waals surface area contributed by atoms with E-state index in [1.54, 1.807) is 29.2 Å². The molecule has 160 valence electrons. The predicted octanol–water partition coefficient (Wildman–Crippen LogP) is 1.84. The molecule has 0 aliphatic carbocycles. The first kappa shape index (κ1) is 21.5. The number of likely N-dealkylation sites (tertiary alicyclic amines) is 1. The highest BCUT2D eigenvalue weighted by Gasteiger charge is 2.38. The summed E-state index contributed by atoms with van der Waals surface area (Å²) in [7, 11) is 0. The number of primary amides is 1. The van der Waals surface area contributed by atoms with Crippen molar-refractivity contribution in [3.63, 3.8) is 0 Å². The molecular weight excluding hydrogens is 384 g/mol. The van der Waals surface area contributed by atoms with E-state index in [-0.39, 0.29) is 24.8 Å². The molecule has 8 heteroatoms. The lowest BCUT2D eigenvalue weighted by Gasteiger charge is -2.17. The van der Waals surface area contributed by atoms with Crippen LogP contribution >= 0.6 is 0 Å². The van der Waals surface area contributed by atoms with Gasteiger partial charge in [-0.25, -0.2) is 4.79 Å². The summed E-state index contributed by atoms with van der Waals surface area (Å²) in [6.07, 6.45) is 0.542. The summed E-state index contributed by atoms with van der Waals surface area (Å²) in [5, 5.41) is 4.41. The van der Waals surface area contributed by atoms with Crippen molar-refractivity contribution in [1.82, 2.24) is 14.7 Å². The molecule has 2 heterocycles. The second kappa shape index (κ2) is 9.56. The van der Waals surface area contributed by atoms with Crippen LogP contribution in [0.5, 0.6) is 0 Å². The molecule has 2 N–H and O–H groups in total. The zero-order valence-electron chi connectivity index (χ0n) is 17.4. The smallest absolute Gasteiger partial charge is 0.338 e. The molecule has 30 heavy (non-hydrogen) atoms. The largest absolute Gasteiger partial charge is 0.457 e. The first-order chi connectivity index (χ1) is 14.3. The Morgan fingerprint density at radius 2 is 1.90 bits per heavy atom. The number of hydrogen-bond acceptors (Lipinski definition) is 5. The van der Waals surface area contributed by atoms with E-state index < -0.39 is 18.0 Å². The number of hydrogen-bond donors (Lipinski definition) is 1. The highest BCUT2D eigenvalue weighted by atomic mass is 16.5. The van der Waals surface area contributed by atoms with E-state index in [0.29, 0.717) is 31.5 Å². The lowest BCUT2D eigenvalue weighted by molar-refractivity contribution is -0.131. The van der Waals surface area contributed by atoms with Crippen molar-refractivity contribution in [2.24, 2.45) is 11.7 Å². The van der Waals surface area contributed by atoms with Gasteiger partial charge >= 0.3 is 5.97 Å². The summed E-state index contributed by atoms with van der Waals surface area (Å²) in [6.45, 7) is 5.22. The average Bonchev–Trinajstić information content (AvgIpc) is 3.24. The number of nitrogens with zero attached hydrogens (tertiary/aromatic N) is 3. The molecule has 2 amide bonds.